The highest BCUT2D eigenvalue weighted by Crippen LogP contribution is 2.36. The van der Waals surface area contributed by atoms with Crippen molar-refractivity contribution in [1.29, 1.82) is 0 Å². The van der Waals surface area contributed by atoms with Gasteiger partial charge < -0.3 is 19.7 Å². The molecule has 130 valence electrons. The molecule has 0 atom stereocenters. The summed E-state index contributed by atoms with van der Waals surface area (Å²) in [4.78, 5) is 2.18. The van der Waals surface area contributed by atoms with Crippen molar-refractivity contribution in [2.45, 2.75) is 19.9 Å². The second-order valence-electron chi connectivity index (χ2n) is 4.88. The molecule has 0 aliphatic carbocycles. The quantitative estimate of drug-likeness (QED) is 0.670. The second-order valence-corrected chi connectivity index (χ2v) is 5.28. The molecule has 0 radical (unpaired) electrons. The molecule has 0 heterocycles. The summed E-state index contributed by atoms with van der Waals surface area (Å²) in [6, 6.07) is 3.90. The van der Waals surface area contributed by atoms with Crippen molar-refractivity contribution >= 4 is 36.4 Å². The lowest BCUT2D eigenvalue weighted by atomic mass is 10.2. The number of rotatable bonds is 9. The molecule has 1 N–H and O–H groups in total. The molecule has 7 heteroatoms. The van der Waals surface area contributed by atoms with Gasteiger partial charge in [-0.25, -0.2) is 0 Å². The van der Waals surface area contributed by atoms with Crippen molar-refractivity contribution in [2.75, 3.05) is 40.9 Å². The Labute approximate surface area is 151 Å². The van der Waals surface area contributed by atoms with Gasteiger partial charge in [0.2, 0.25) is 0 Å². The van der Waals surface area contributed by atoms with Gasteiger partial charge in [-0.1, -0.05) is 11.6 Å². The SMILES string of the molecule is CCOc1cc(CNCCCN(C)C)cc(Cl)c1OC.Cl.Cl. The lowest BCUT2D eigenvalue weighted by Crippen LogP contribution is -2.21. The highest BCUT2D eigenvalue weighted by molar-refractivity contribution is 6.32. The lowest BCUT2D eigenvalue weighted by Gasteiger charge is -2.14. The zero-order chi connectivity index (χ0) is 15.0. The van der Waals surface area contributed by atoms with Gasteiger partial charge in [-0.05, 0) is 58.2 Å². The number of halogens is 3. The standard InChI is InChI=1S/C15H25ClN2O2.2ClH/c1-5-20-14-10-12(9-13(16)15(14)19-4)11-17-7-6-8-18(2)3;;/h9-10,17H,5-8,11H2,1-4H3;2*1H. The highest BCUT2D eigenvalue weighted by atomic mass is 35.5. The van der Waals surface area contributed by atoms with E-state index >= 15 is 0 Å². The van der Waals surface area contributed by atoms with E-state index in [1.807, 2.05) is 19.1 Å². The number of hydrogen-bond donors (Lipinski definition) is 1. The molecular formula is C15H27Cl3N2O2. The van der Waals surface area contributed by atoms with Crippen molar-refractivity contribution in [1.82, 2.24) is 10.2 Å². The summed E-state index contributed by atoms with van der Waals surface area (Å²) in [5.74, 6) is 1.30. The Kier molecular flexibility index (Phi) is 14.2. The summed E-state index contributed by atoms with van der Waals surface area (Å²) in [7, 11) is 5.76. The number of nitrogens with one attached hydrogen (secondary N) is 1. The molecule has 1 aromatic carbocycles. The van der Waals surface area contributed by atoms with Crippen LogP contribution in [0.3, 0.4) is 0 Å². The van der Waals surface area contributed by atoms with Crippen molar-refractivity contribution in [3.8, 4) is 11.5 Å². The predicted octanol–water partition coefficient (Wildman–Crippen LogP) is 3.63. The average Bonchev–Trinajstić information content (AvgIpc) is 2.38. The number of hydrogen-bond acceptors (Lipinski definition) is 4. The van der Waals surface area contributed by atoms with E-state index in [1.165, 1.54) is 0 Å². The molecule has 0 saturated carbocycles. The summed E-state index contributed by atoms with van der Waals surface area (Å²) in [5.41, 5.74) is 1.10. The van der Waals surface area contributed by atoms with Gasteiger partial charge in [0, 0.05) is 6.54 Å². The Morgan fingerprint density at radius 2 is 1.91 bits per heavy atom. The average molecular weight is 374 g/mol. The van der Waals surface area contributed by atoms with Gasteiger partial charge in [-0.2, -0.15) is 0 Å². The van der Waals surface area contributed by atoms with Crippen LogP contribution in [0.4, 0.5) is 0 Å². The molecule has 0 bridgehead atoms. The normalized spacial score (nSPS) is 9.91. The minimum atomic E-state index is 0. The van der Waals surface area contributed by atoms with Crippen LogP contribution >= 0.6 is 36.4 Å². The summed E-state index contributed by atoms with van der Waals surface area (Å²) in [6.45, 7) is 5.37. The Bertz CT molecular complexity index is 418. The molecule has 0 saturated heterocycles. The summed E-state index contributed by atoms with van der Waals surface area (Å²) in [6.07, 6.45) is 1.12. The van der Waals surface area contributed by atoms with E-state index in [1.54, 1.807) is 7.11 Å². The van der Waals surface area contributed by atoms with E-state index in [0.29, 0.717) is 23.1 Å². The summed E-state index contributed by atoms with van der Waals surface area (Å²) >= 11 is 6.21. The maximum Gasteiger partial charge on any atom is 0.179 e. The first-order valence-electron chi connectivity index (χ1n) is 6.93. The summed E-state index contributed by atoms with van der Waals surface area (Å²) < 4.78 is 10.8. The van der Waals surface area contributed by atoms with Gasteiger partial charge in [0.15, 0.2) is 11.5 Å². The van der Waals surface area contributed by atoms with Crippen LogP contribution in [0.25, 0.3) is 0 Å². The van der Waals surface area contributed by atoms with Gasteiger partial charge in [0.1, 0.15) is 0 Å². The molecule has 0 aliphatic heterocycles. The Morgan fingerprint density at radius 1 is 1.23 bits per heavy atom. The number of methoxy groups -OCH3 is 1. The smallest absolute Gasteiger partial charge is 0.179 e. The van der Waals surface area contributed by atoms with Gasteiger partial charge in [-0.15, -0.1) is 24.8 Å². The fourth-order valence-electron chi connectivity index (χ4n) is 1.94. The third-order valence-electron chi connectivity index (χ3n) is 2.86. The third-order valence-corrected chi connectivity index (χ3v) is 3.14. The minimum Gasteiger partial charge on any atom is -0.491 e. The molecule has 0 fully saturated rings. The van der Waals surface area contributed by atoms with Gasteiger partial charge in [0.25, 0.3) is 0 Å². The van der Waals surface area contributed by atoms with Gasteiger partial charge >= 0.3 is 0 Å². The van der Waals surface area contributed by atoms with Crippen LogP contribution in [0.15, 0.2) is 12.1 Å². The van der Waals surface area contributed by atoms with Crippen LogP contribution in [0.2, 0.25) is 5.02 Å². The van der Waals surface area contributed by atoms with E-state index in [-0.39, 0.29) is 24.8 Å². The molecule has 0 unspecified atom stereocenters. The van der Waals surface area contributed by atoms with E-state index in [4.69, 9.17) is 21.1 Å². The van der Waals surface area contributed by atoms with Gasteiger partial charge in [-0.3, -0.25) is 0 Å². The van der Waals surface area contributed by atoms with E-state index in [2.05, 4.69) is 24.3 Å². The Hall–Kier alpha value is -0.390. The molecule has 22 heavy (non-hydrogen) atoms. The second kappa shape index (κ2) is 13.1. The minimum absolute atomic E-state index is 0. The fourth-order valence-corrected chi connectivity index (χ4v) is 2.25. The van der Waals surface area contributed by atoms with Crippen LogP contribution in [0.5, 0.6) is 11.5 Å². The van der Waals surface area contributed by atoms with E-state index in [0.717, 1.165) is 31.6 Å². The number of nitrogens with zero attached hydrogens (tertiary/aromatic N) is 1. The van der Waals surface area contributed by atoms with Crippen molar-refractivity contribution < 1.29 is 9.47 Å². The zero-order valence-corrected chi connectivity index (χ0v) is 16.0. The third kappa shape index (κ3) is 8.30. The molecule has 4 nitrogen and oxygen atoms in total. The number of benzene rings is 1. The van der Waals surface area contributed by atoms with Crippen molar-refractivity contribution in [3.63, 3.8) is 0 Å². The van der Waals surface area contributed by atoms with Crippen LogP contribution < -0.4 is 14.8 Å². The van der Waals surface area contributed by atoms with Crippen molar-refractivity contribution in [2.24, 2.45) is 0 Å². The maximum absolute atomic E-state index is 6.21. The van der Waals surface area contributed by atoms with Crippen LogP contribution in [-0.4, -0.2) is 45.8 Å². The van der Waals surface area contributed by atoms with Crippen LogP contribution in [0.1, 0.15) is 18.9 Å². The fraction of sp³-hybridized carbons (Fsp3) is 0.600. The topological polar surface area (TPSA) is 33.7 Å². The Balaban J connectivity index is 0. The molecular weight excluding hydrogens is 347 g/mol. The molecule has 1 aromatic rings. The highest BCUT2D eigenvalue weighted by Gasteiger charge is 2.11. The van der Waals surface area contributed by atoms with Crippen LogP contribution in [0, 0.1) is 0 Å². The number of ether oxygens (including phenoxy) is 2. The summed E-state index contributed by atoms with van der Waals surface area (Å²) in [5, 5.41) is 4.00. The maximum atomic E-state index is 6.21. The first-order valence-corrected chi connectivity index (χ1v) is 7.31. The zero-order valence-electron chi connectivity index (χ0n) is 13.6. The lowest BCUT2D eigenvalue weighted by molar-refractivity contribution is 0.310. The first-order chi connectivity index (χ1) is 9.58. The molecule has 0 spiro atoms. The van der Waals surface area contributed by atoms with E-state index < -0.39 is 0 Å². The van der Waals surface area contributed by atoms with Crippen molar-refractivity contribution in [3.05, 3.63) is 22.7 Å². The molecule has 1 rings (SSSR count). The molecule has 0 aliphatic rings. The molecule has 0 aromatic heterocycles. The van der Waals surface area contributed by atoms with E-state index in [9.17, 15) is 0 Å². The molecule has 0 amide bonds. The first kappa shape index (κ1) is 23.9. The Morgan fingerprint density at radius 3 is 2.45 bits per heavy atom. The largest absolute Gasteiger partial charge is 0.491 e. The van der Waals surface area contributed by atoms with Gasteiger partial charge in [0.05, 0.1) is 18.7 Å². The predicted molar refractivity (Wildman–Crippen MR) is 98.5 cm³/mol. The van der Waals surface area contributed by atoms with Crippen LogP contribution in [-0.2, 0) is 6.54 Å². The monoisotopic (exact) mass is 372 g/mol.